The standard InChI is InChI=1S/C10H7ClF2O/c1-2-3-7-4-5-9(8(11)6-7)14-10(12)13/h1,4-6,10H,3H2. The Morgan fingerprint density at radius 3 is 2.71 bits per heavy atom. The first-order valence-corrected chi connectivity index (χ1v) is 4.18. The number of ether oxygens (including phenoxy) is 1. The van der Waals surface area contributed by atoms with Crippen LogP contribution in [0.5, 0.6) is 5.75 Å². The second-order valence-electron chi connectivity index (χ2n) is 2.52. The van der Waals surface area contributed by atoms with Gasteiger partial charge in [0.2, 0.25) is 0 Å². The Bertz CT molecular complexity index is 358. The van der Waals surface area contributed by atoms with Gasteiger partial charge in [0.25, 0.3) is 0 Å². The number of benzene rings is 1. The second kappa shape index (κ2) is 4.83. The summed E-state index contributed by atoms with van der Waals surface area (Å²) in [7, 11) is 0. The molecule has 0 aliphatic rings. The van der Waals surface area contributed by atoms with Crippen molar-refractivity contribution in [2.75, 3.05) is 0 Å². The van der Waals surface area contributed by atoms with Crippen molar-refractivity contribution < 1.29 is 13.5 Å². The molecule has 0 aliphatic heterocycles. The summed E-state index contributed by atoms with van der Waals surface area (Å²) in [5, 5.41) is 0.137. The maximum atomic E-state index is 11.8. The van der Waals surface area contributed by atoms with E-state index in [2.05, 4.69) is 10.7 Å². The Morgan fingerprint density at radius 2 is 2.21 bits per heavy atom. The summed E-state index contributed by atoms with van der Waals surface area (Å²) in [5.41, 5.74) is 0.791. The lowest BCUT2D eigenvalue weighted by atomic mass is 10.1. The predicted octanol–water partition coefficient (Wildman–Crippen LogP) is 3.12. The van der Waals surface area contributed by atoms with Gasteiger partial charge in [0.1, 0.15) is 5.75 Å². The van der Waals surface area contributed by atoms with Crippen LogP contribution in [0.1, 0.15) is 5.56 Å². The summed E-state index contributed by atoms with van der Waals surface area (Å²) < 4.78 is 27.8. The van der Waals surface area contributed by atoms with Crippen molar-refractivity contribution >= 4 is 11.6 Å². The highest BCUT2D eigenvalue weighted by atomic mass is 35.5. The van der Waals surface area contributed by atoms with Crippen LogP contribution in [-0.4, -0.2) is 6.61 Å². The number of terminal acetylenes is 1. The summed E-state index contributed by atoms with van der Waals surface area (Å²) >= 11 is 5.68. The normalized spacial score (nSPS) is 9.93. The van der Waals surface area contributed by atoms with E-state index in [1.54, 1.807) is 6.07 Å². The van der Waals surface area contributed by atoms with E-state index in [9.17, 15) is 8.78 Å². The maximum Gasteiger partial charge on any atom is 0.387 e. The van der Waals surface area contributed by atoms with Crippen LogP contribution in [0.4, 0.5) is 8.78 Å². The van der Waals surface area contributed by atoms with Crippen LogP contribution in [0.25, 0.3) is 0 Å². The number of hydrogen-bond donors (Lipinski definition) is 0. The van der Waals surface area contributed by atoms with Crippen LogP contribution < -0.4 is 4.74 Å². The zero-order chi connectivity index (χ0) is 10.6. The Balaban J connectivity index is 2.85. The topological polar surface area (TPSA) is 9.23 Å². The van der Waals surface area contributed by atoms with Gasteiger partial charge < -0.3 is 4.74 Å². The largest absolute Gasteiger partial charge is 0.433 e. The third-order valence-corrected chi connectivity index (χ3v) is 1.81. The molecule has 0 amide bonds. The van der Waals surface area contributed by atoms with Gasteiger partial charge in [0, 0.05) is 6.42 Å². The molecule has 74 valence electrons. The molecule has 4 heteroatoms. The van der Waals surface area contributed by atoms with Crippen molar-refractivity contribution in [3.8, 4) is 18.1 Å². The van der Waals surface area contributed by atoms with Crippen molar-refractivity contribution in [2.24, 2.45) is 0 Å². The summed E-state index contributed by atoms with van der Waals surface area (Å²) in [5.74, 6) is 2.38. The lowest BCUT2D eigenvalue weighted by Gasteiger charge is -2.06. The van der Waals surface area contributed by atoms with E-state index in [1.807, 2.05) is 0 Å². The highest BCUT2D eigenvalue weighted by molar-refractivity contribution is 6.32. The summed E-state index contributed by atoms with van der Waals surface area (Å²) in [6.45, 7) is -2.87. The molecule has 0 radical (unpaired) electrons. The van der Waals surface area contributed by atoms with Gasteiger partial charge in [-0.1, -0.05) is 17.7 Å². The summed E-state index contributed by atoms with van der Waals surface area (Å²) in [4.78, 5) is 0. The first-order chi connectivity index (χ1) is 6.63. The summed E-state index contributed by atoms with van der Waals surface area (Å²) in [6.07, 6.45) is 5.50. The number of rotatable bonds is 3. The van der Waals surface area contributed by atoms with Gasteiger partial charge in [-0.05, 0) is 17.7 Å². The number of hydrogen-bond acceptors (Lipinski definition) is 1. The molecule has 0 fully saturated rings. The molecule has 1 aromatic rings. The maximum absolute atomic E-state index is 11.8. The van der Waals surface area contributed by atoms with Crippen LogP contribution in [0.3, 0.4) is 0 Å². The van der Waals surface area contributed by atoms with E-state index in [4.69, 9.17) is 18.0 Å². The molecule has 0 aromatic heterocycles. The molecule has 1 aromatic carbocycles. The molecule has 0 heterocycles. The monoisotopic (exact) mass is 216 g/mol. The van der Waals surface area contributed by atoms with Gasteiger partial charge in [-0.15, -0.1) is 12.3 Å². The average molecular weight is 217 g/mol. The van der Waals surface area contributed by atoms with Crippen LogP contribution >= 0.6 is 11.6 Å². The van der Waals surface area contributed by atoms with Crippen molar-refractivity contribution in [1.82, 2.24) is 0 Å². The Labute approximate surface area is 85.6 Å². The van der Waals surface area contributed by atoms with Gasteiger partial charge in [0.15, 0.2) is 0 Å². The van der Waals surface area contributed by atoms with Gasteiger partial charge in [-0.2, -0.15) is 8.78 Å². The van der Waals surface area contributed by atoms with E-state index >= 15 is 0 Å². The minimum absolute atomic E-state index is 0.0394. The molecule has 0 N–H and O–H groups in total. The third-order valence-electron chi connectivity index (χ3n) is 1.52. The number of alkyl halides is 2. The molecule has 0 saturated carbocycles. The zero-order valence-electron chi connectivity index (χ0n) is 7.14. The quantitative estimate of drug-likeness (QED) is 0.706. The fourth-order valence-electron chi connectivity index (χ4n) is 0.964. The average Bonchev–Trinajstić information content (AvgIpc) is 2.10. The fourth-order valence-corrected chi connectivity index (χ4v) is 1.21. The SMILES string of the molecule is C#CCc1ccc(OC(F)F)c(Cl)c1. The molecular weight excluding hydrogens is 210 g/mol. The zero-order valence-corrected chi connectivity index (χ0v) is 7.89. The first-order valence-electron chi connectivity index (χ1n) is 3.80. The molecule has 1 nitrogen and oxygen atoms in total. The van der Waals surface area contributed by atoms with E-state index in [0.29, 0.717) is 6.42 Å². The lowest BCUT2D eigenvalue weighted by molar-refractivity contribution is -0.0497. The van der Waals surface area contributed by atoms with Crippen LogP contribution in [0.2, 0.25) is 5.02 Å². The van der Waals surface area contributed by atoms with Crippen molar-refractivity contribution in [1.29, 1.82) is 0 Å². The van der Waals surface area contributed by atoms with Gasteiger partial charge in [0.05, 0.1) is 5.02 Å². The lowest BCUT2D eigenvalue weighted by Crippen LogP contribution is -2.02. The Morgan fingerprint density at radius 1 is 1.50 bits per heavy atom. The van der Waals surface area contributed by atoms with Crippen LogP contribution in [-0.2, 0) is 6.42 Å². The van der Waals surface area contributed by atoms with Crippen molar-refractivity contribution in [2.45, 2.75) is 13.0 Å². The van der Waals surface area contributed by atoms with Crippen molar-refractivity contribution in [3.63, 3.8) is 0 Å². The molecule has 0 aliphatic carbocycles. The third kappa shape index (κ3) is 2.90. The first kappa shape index (κ1) is 10.8. The molecule has 0 spiro atoms. The smallest absolute Gasteiger partial charge is 0.387 e. The fraction of sp³-hybridized carbons (Fsp3) is 0.200. The van der Waals surface area contributed by atoms with E-state index < -0.39 is 6.61 Å². The molecule has 0 atom stereocenters. The predicted molar refractivity (Wildman–Crippen MR) is 50.6 cm³/mol. The Kier molecular flexibility index (Phi) is 3.73. The minimum Gasteiger partial charge on any atom is -0.433 e. The van der Waals surface area contributed by atoms with Gasteiger partial charge >= 0.3 is 6.61 Å². The van der Waals surface area contributed by atoms with E-state index in [0.717, 1.165) is 5.56 Å². The molecular formula is C10H7ClF2O. The second-order valence-corrected chi connectivity index (χ2v) is 2.93. The van der Waals surface area contributed by atoms with Gasteiger partial charge in [-0.3, -0.25) is 0 Å². The Hall–Kier alpha value is -1.27. The van der Waals surface area contributed by atoms with Crippen LogP contribution in [0, 0.1) is 12.3 Å². The molecule has 1 rings (SSSR count). The molecule has 0 unspecified atom stereocenters. The summed E-state index contributed by atoms with van der Waals surface area (Å²) in [6, 6.07) is 4.49. The van der Waals surface area contributed by atoms with Crippen molar-refractivity contribution in [3.05, 3.63) is 28.8 Å². The number of halogens is 3. The molecule has 14 heavy (non-hydrogen) atoms. The molecule has 0 saturated heterocycles. The molecule has 0 bridgehead atoms. The van der Waals surface area contributed by atoms with E-state index in [-0.39, 0.29) is 10.8 Å². The van der Waals surface area contributed by atoms with Crippen LogP contribution in [0.15, 0.2) is 18.2 Å². The highest BCUT2D eigenvalue weighted by Gasteiger charge is 2.08. The highest BCUT2D eigenvalue weighted by Crippen LogP contribution is 2.26. The van der Waals surface area contributed by atoms with E-state index in [1.165, 1.54) is 12.1 Å². The van der Waals surface area contributed by atoms with Gasteiger partial charge in [-0.25, -0.2) is 0 Å². The minimum atomic E-state index is -2.87.